The van der Waals surface area contributed by atoms with Gasteiger partial charge in [0, 0.05) is 11.3 Å². The van der Waals surface area contributed by atoms with Crippen molar-refractivity contribution in [3.63, 3.8) is 0 Å². The normalized spacial score (nSPS) is 15.6. The van der Waals surface area contributed by atoms with Crippen LogP contribution in [-0.4, -0.2) is 49.7 Å². The second kappa shape index (κ2) is 9.59. The van der Waals surface area contributed by atoms with Crippen molar-refractivity contribution in [3.05, 3.63) is 76.4 Å². The number of amides is 1. The Labute approximate surface area is 198 Å². The molecule has 1 amide bonds. The van der Waals surface area contributed by atoms with E-state index in [1.165, 1.54) is 16.8 Å². The first-order chi connectivity index (χ1) is 16.2. The Morgan fingerprint density at radius 3 is 2.85 bits per heavy atom. The summed E-state index contributed by atoms with van der Waals surface area (Å²) in [6.45, 7) is 0.569. The van der Waals surface area contributed by atoms with Crippen LogP contribution < -0.4 is 4.74 Å². The maximum atomic E-state index is 13.2. The van der Waals surface area contributed by atoms with E-state index >= 15 is 0 Å². The van der Waals surface area contributed by atoms with Crippen molar-refractivity contribution in [2.45, 2.75) is 24.2 Å². The number of methoxy groups -OCH3 is 1. The lowest BCUT2D eigenvalue weighted by Gasteiger charge is -2.19. The maximum absolute atomic E-state index is 13.2. The minimum atomic E-state index is -0.299. The highest BCUT2D eigenvalue weighted by Crippen LogP contribution is 2.34. The highest BCUT2D eigenvalue weighted by molar-refractivity contribution is 7.99. The molecule has 1 aromatic carbocycles. The van der Waals surface area contributed by atoms with E-state index in [9.17, 15) is 4.79 Å². The third-order valence-corrected chi connectivity index (χ3v) is 6.97. The molecule has 4 heterocycles. The number of carbonyl (C=O) groups is 1. The van der Waals surface area contributed by atoms with Crippen molar-refractivity contribution >= 4 is 34.7 Å². The van der Waals surface area contributed by atoms with Gasteiger partial charge >= 0.3 is 0 Å². The van der Waals surface area contributed by atoms with Gasteiger partial charge in [-0.2, -0.15) is 5.10 Å². The summed E-state index contributed by atoms with van der Waals surface area (Å²) < 4.78 is 12.6. The lowest BCUT2D eigenvalue weighted by molar-refractivity contribution is -0.130. The standard InChI is InChI=1S/C22H20N6O3S2/c1-30-16-8-6-15(7-9-16)18-12-19(20-5-2-10-31-20)28(24-18)21(29)14-33-22-23-25-26-27(22)13-17-4-3-11-32-17/h2-11,19H,12-14H2,1H3/t19-/m1/s1. The van der Waals surface area contributed by atoms with Gasteiger partial charge in [-0.25, -0.2) is 9.69 Å². The molecule has 3 aromatic heterocycles. The number of hydrogen-bond acceptors (Lipinski definition) is 9. The van der Waals surface area contributed by atoms with E-state index in [0.29, 0.717) is 23.9 Å². The molecular formula is C22H20N6O3S2. The van der Waals surface area contributed by atoms with Crippen LogP contribution in [0.3, 0.4) is 0 Å². The fourth-order valence-electron chi connectivity index (χ4n) is 3.54. The number of hydrazone groups is 1. The fourth-order valence-corrected chi connectivity index (χ4v) is 4.96. The van der Waals surface area contributed by atoms with Crippen LogP contribution in [0.4, 0.5) is 0 Å². The van der Waals surface area contributed by atoms with Crippen LogP contribution in [0.5, 0.6) is 5.75 Å². The largest absolute Gasteiger partial charge is 0.497 e. The summed E-state index contributed by atoms with van der Waals surface area (Å²) in [6, 6.07) is 15.0. The summed E-state index contributed by atoms with van der Waals surface area (Å²) in [6.07, 6.45) is 2.17. The van der Waals surface area contributed by atoms with E-state index in [1.807, 2.05) is 53.9 Å². The second-order valence-corrected chi connectivity index (χ2v) is 9.21. The Hall–Kier alpha value is -3.44. The Balaban J connectivity index is 1.32. The predicted molar refractivity (Wildman–Crippen MR) is 124 cm³/mol. The molecule has 0 N–H and O–H groups in total. The topological polar surface area (TPSA) is 98.6 Å². The van der Waals surface area contributed by atoms with Crippen LogP contribution in [0, 0.1) is 0 Å². The summed E-state index contributed by atoms with van der Waals surface area (Å²) in [5.41, 5.74) is 1.76. The molecule has 33 heavy (non-hydrogen) atoms. The highest BCUT2D eigenvalue weighted by Gasteiger charge is 2.35. The number of tetrazole rings is 1. The van der Waals surface area contributed by atoms with E-state index < -0.39 is 0 Å². The number of nitrogens with zero attached hydrogens (tertiary/aromatic N) is 6. The SMILES string of the molecule is COc1ccc(C2=NN(C(=O)CSc3nnnn3Cc3cccs3)[C@@H](c3ccco3)C2)cc1. The summed E-state index contributed by atoms with van der Waals surface area (Å²) in [5, 5.41) is 20.7. The molecule has 0 unspecified atom stereocenters. The smallest absolute Gasteiger partial charge is 0.253 e. The first kappa shape index (κ1) is 21.4. The zero-order valence-electron chi connectivity index (χ0n) is 17.7. The maximum Gasteiger partial charge on any atom is 0.253 e. The van der Waals surface area contributed by atoms with Gasteiger partial charge in [0.1, 0.15) is 17.6 Å². The molecule has 1 aliphatic heterocycles. The van der Waals surface area contributed by atoms with Crippen LogP contribution >= 0.6 is 23.1 Å². The Kier molecular flexibility index (Phi) is 6.22. The third-order valence-electron chi connectivity index (χ3n) is 5.17. The number of aromatic nitrogens is 4. The number of hydrogen-bond donors (Lipinski definition) is 0. The van der Waals surface area contributed by atoms with Gasteiger partial charge in [-0.05, 0) is 63.8 Å². The minimum Gasteiger partial charge on any atom is -0.497 e. The lowest BCUT2D eigenvalue weighted by Crippen LogP contribution is -2.28. The van der Waals surface area contributed by atoms with Crippen LogP contribution in [0.25, 0.3) is 0 Å². The van der Waals surface area contributed by atoms with E-state index in [4.69, 9.17) is 9.15 Å². The van der Waals surface area contributed by atoms with Gasteiger partial charge < -0.3 is 9.15 Å². The fraction of sp³-hybridized carbons (Fsp3) is 0.227. The molecule has 0 spiro atoms. The van der Waals surface area contributed by atoms with Crippen molar-refractivity contribution in [1.29, 1.82) is 0 Å². The van der Waals surface area contributed by atoms with Crippen molar-refractivity contribution < 1.29 is 13.9 Å². The van der Waals surface area contributed by atoms with Gasteiger partial charge in [0.15, 0.2) is 0 Å². The number of benzene rings is 1. The van der Waals surface area contributed by atoms with E-state index in [1.54, 1.807) is 29.4 Å². The molecule has 1 atom stereocenters. The average molecular weight is 481 g/mol. The lowest BCUT2D eigenvalue weighted by atomic mass is 10.0. The average Bonchev–Trinajstić information content (AvgIpc) is 3.65. The zero-order chi connectivity index (χ0) is 22.6. The molecule has 0 fully saturated rings. The first-order valence-electron chi connectivity index (χ1n) is 10.2. The number of thiophene rings is 1. The summed E-state index contributed by atoms with van der Waals surface area (Å²) in [4.78, 5) is 14.4. The minimum absolute atomic E-state index is 0.143. The third kappa shape index (κ3) is 4.69. The molecule has 0 bridgehead atoms. The first-order valence-corrected chi connectivity index (χ1v) is 12.1. The van der Waals surface area contributed by atoms with Crippen molar-refractivity contribution in [3.8, 4) is 5.75 Å². The van der Waals surface area contributed by atoms with Crippen LogP contribution in [-0.2, 0) is 11.3 Å². The Bertz CT molecular complexity index is 1240. The van der Waals surface area contributed by atoms with Gasteiger partial charge in [0.05, 0.1) is 31.4 Å². The summed E-state index contributed by atoms with van der Waals surface area (Å²) in [5.74, 6) is 1.48. The number of thioether (sulfide) groups is 1. The molecule has 11 heteroatoms. The summed E-state index contributed by atoms with van der Waals surface area (Å²) in [7, 11) is 1.63. The summed E-state index contributed by atoms with van der Waals surface area (Å²) >= 11 is 2.93. The molecule has 4 aromatic rings. The van der Waals surface area contributed by atoms with Crippen LogP contribution in [0.1, 0.15) is 28.7 Å². The number of carbonyl (C=O) groups excluding carboxylic acids is 1. The molecular weight excluding hydrogens is 460 g/mol. The molecule has 0 saturated heterocycles. The van der Waals surface area contributed by atoms with Gasteiger partial charge in [0.25, 0.3) is 5.91 Å². The molecule has 1 aliphatic rings. The highest BCUT2D eigenvalue weighted by atomic mass is 32.2. The molecule has 9 nitrogen and oxygen atoms in total. The zero-order valence-corrected chi connectivity index (χ0v) is 19.3. The monoisotopic (exact) mass is 480 g/mol. The molecule has 0 radical (unpaired) electrons. The van der Waals surface area contributed by atoms with Gasteiger partial charge in [-0.15, -0.1) is 16.4 Å². The van der Waals surface area contributed by atoms with Gasteiger partial charge in [-0.3, -0.25) is 4.79 Å². The van der Waals surface area contributed by atoms with E-state index in [0.717, 1.165) is 21.9 Å². The van der Waals surface area contributed by atoms with Crippen LogP contribution in [0.15, 0.2) is 74.8 Å². The number of furan rings is 1. The van der Waals surface area contributed by atoms with Crippen molar-refractivity contribution in [1.82, 2.24) is 25.2 Å². The van der Waals surface area contributed by atoms with E-state index in [2.05, 4.69) is 20.6 Å². The molecule has 0 aliphatic carbocycles. The molecule has 5 rings (SSSR count). The van der Waals surface area contributed by atoms with Crippen molar-refractivity contribution in [2.24, 2.45) is 5.10 Å². The predicted octanol–water partition coefficient (Wildman–Crippen LogP) is 3.85. The number of rotatable bonds is 8. The Morgan fingerprint density at radius 1 is 1.24 bits per heavy atom. The van der Waals surface area contributed by atoms with Gasteiger partial charge in [-0.1, -0.05) is 17.8 Å². The van der Waals surface area contributed by atoms with E-state index in [-0.39, 0.29) is 17.7 Å². The Morgan fingerprint density at radius 2 is 2.12 bits per heavy atom. The van der Waals surface area contributed by atoms with Crippen molar-refractivity contribution in [2.75, 3.05) is 12.9 Å². The second-order valence-electron chi connectivity index (χ2n) is 7.24. The van der Waals surface area contributed by atoms with Crippen LogP contribution in [0.2, 0.25) is 0 Å². The quantitative estimate of drug-likeness (QED) is 0.353. The van der Waals surface area contributed by atoms with Gasteiger partial charge in [0.2, 0.25) is 5.16 Å². The number of ether oxygens (including phenoxy) is 1. The molecule has 168 valence electrons. The molecule has 0 saturated carbocycles.